The van der Waals surface area contributed by atoms with Crippen LogP contribution in [0.2, 0.25) is 0 Å². The Hall–Kier alpha value is -0.210. The lowest BCUT2D eigenvalue weighted by molar-refractivity contribution is 1.47. The summed E-state index contributed by atoms with van der Waals surface area (Å²) in [6.07, 6.45) is 8.13. The lowest BCUT2D eigenvalue weighted by Gasteiger charge is -1.93. The predicted octanol–water partition coefficient (Wildman–Crippen LogP) is 1.09. The monoisotopic (exact) mass is 113 g/mol. The zero-order valence-corrected chi connectivity index (χ0v) is 4.69. The molecule has 0 aromatic heterocycles. The predicted molar refractivity (Wildman–Crippen MR) is 33.8 cm³/mol. The van der Waals surface area contributed by atoms with E-state index in [0.29, 0.717) is 5.25 Å². The average Bonchev–Trinajstić information content (AvgIpc) is 2.14. The highest BCUT2D eigenvalue weighted by Gasteiger charge is 1.97. The summed E-state index contributed by atoms with van der Waals surface area (Å²) in [6, 6.07) is 0. The topological polar surface area (TPSA) is 26.0 Å². The van der Waals surface area contributed by atoms with Crippen LogP contribution in [-0.4, -0.2) is 5.25 Å². The van der Waals surface area contributed by atoms with Gasteiger partial charge in [-0.3, -0.25) is 5.14 Å². The van der Waals surface area contributed by atoms with Gasteiger partial charge in [-0.05, 0) is 0 Å². The summed E-state index contributed by atoms with van der Waals surface area (Å²) >= 11 is 1.36. The minimum absolute atomic E-state index is 0.431. The van der Waals surface area contributed by atoms with E-state index in [0.717, 1.165) is 0 Å². The number of nitrogens with two attached hydrogens (primary N) is 1. The Morgan fingerprint density at radius 2 is 1.86 bits per heavy atom. The molecule has 38 valence electrons. The van der Waals surface area contributed by atoms with E-state index in [9.17, 15) is 0 Å². The highest BCUT2D eigenvalue weighted by Crippen LogP contribution is 2.10. The third-order valence-electron chi connectivity index (χ3n) is 0.870. The van der Waals surface area contributed by atoms with Crippen LogP contribution in [0.3, 0.4) is 0 Å². The number of hydrogen-bond donors (Lipinski definition) is 1. The fourth-order valence-corrected chi connectivity index (χ4v) is 0.865. The first-order valence-electron chi connectivity index (χ1n) is 2.14. The van der Waals surface area contributed by atoms with Gasteiger partial charge >= 0.3 is 0 Å². The van der Waals surface area contributed by atoms with Crippen molar-refractivity contribution in [1.29, 1.82) is 0 Å². The molecule has 1 nitrogen and oxygen atoms in total. The minimum Gasteiger partial charge on any atom is -0.277 e. The van der Waals surface area contributed by atoms with E-state index in [1.165, 1.54) is 11.9 Å². The van der Waals surface area contributed by atoms with Crippen LogP contribution in [-0.2, 0) is 0 Å². The molecule has 0 fully saturated rings. The lowest BCUT2D eigenvalue weighted by atomic mass is 10.5. The van der Waals surface area contributed by atoms with Crippen molar-refractivity contribution >= 4 is 11.9 Å². The van der Waals surface area contributed by atoms with Crippen molar-refractivity contribution in [1.82, 2.24) is 0 Å². The fraction of sp³-hybridized carbons (Fsp3) is 0.200. The molecular formula is C5H7NS. The molecule has 0 aromatic carbocycles. The van der Waals surface area contributed by atoms with Gasteiger partial charge in [0.15, 0.2) is 0 Å². The molecule has 1 aliphatic rings. The Morgan fingerprint density at radius 3 is 2.14 bits per heavy atom. The molecular weight excluding hydrogens is 106 g/mol. The van der Waals surface area contributed by atoms with Crippen molar-refractivity contribution in [2.45, 2.75) is 5.25 Å². The average molecular weight is 113 g/mol. The summed E-state index contributed by atoms with van der Waals surface area (Å²) in [6.45, 7) is 0. The van der Waals surface area contributed by atoms with Crippen LogP contribution in [0.4, 0.5) is 0 Å². The molecule has 0 bridgehead atoms. The van der Waals surface area contributed by atoms with Crippen LogP contribution in [0, 0.1) is 0 Å². The van der Waals surface area contributed by atoms with E-state index in [2.05, 4.69) is 12.2 Å². The van der Waals surface area contributed by atoms with Gasteiger partial charge in [0.2, 0.25) is 0 Å². The molecule has 0 heterocycles. The Balaban J connectivity index is 2.44. The molecule has 0 radical (unpaired) electrons. The first-order valence-corrected chi connectivity index (χ1v) is 3.08. The van der Waals surface area contributed by atoms with Gasteiger partial charge in [-0.2, -0.15) is 0 Å². The first kappa shape index (κ1) is 4.94. The normalized spacial score (nSPS) is 19.0. The summed E-state index contributed by atoms with van der Waals surface area (Å²) < 4.78 is 0. The van der Waals surface area contributed by atoms with Crippen LogP contribution < -0.4 is 5.14 Å². The number of rotatable bonds is 1. The van der Waals surface area contributed by atoms with Crippen molar-refractivity contribution in [2.24, 2.45) is 5.14 Å². The zero-order valence-electron chi connectivity index (χ0n) is 3.87. The molecule has 2 N–H and O–H groups in total. The molecule has 0 aliphatic heterocycles. The van der Waals surface area contributed by atoms with E-state index >= 15 is 0 Å². The SMILES string of the molecule is NSC1C=CC=C1. The minimum atomic E-state index is 0.431. The number of hydrogen-bond acceptors (Lipinski definition) is 2. The second-order valence-electron chi connectivity index (χ2n) is 1.37. The highest BCUT2D eigenvalue weighted by atomic mass is 32.2. The van der Waals surface area contributed by atoms with Crippen molar-refractivity contribution < 1.29 is 0 Å². The van der Waals surface area contributed by atoms with E-state index in [-0.39, 0.29) is 0 Å². The quantitative estimate of drug-likeness (QED) is 0.515. The van der Waals surface area contributed by atoms with Crippen LogP contribution in [0.5, 0.6) is 0 Å². The van der Waals surface area contributed by atoms with Gasteiger partial charge in [-0.1, -0.05) is 36.3 Å². The van der Waals surface area contributed by atoms with Gasteiger partial charge in [0, 0.05) is 0 Å². The molecule has 1 rings (SSSR count). The number of allylic oxidation sites excluding steroid dienone is 2. The van der Waals surface area contributed by atoms with Crippen molar-refractivity contribution in [3.05, 3.63) is 24.3 Å². The van der Waals surface area contributed by atoms with Gasteiger partial charge in [0.25, 0.3) is 0 Å². The standard InChI is InChI=1S/C5H7NS/c6-7-5-3-1-2-4-5/h1-5H,6H2. The van der Waals surface area contributed by atoms with Crippen LogP contribution in [0.15, 0.2) is 24.3 Å². The Bertz CT molecular complexity index is 94.6. The molecule has 1 aliphatic carbocycles. The van der Waals surface area contributed by atoms with E-state index in [4.69, 9.17) is 5.14 Å². The largest absolute Gasteiger partial charge is 0.277 e. The molecule has 0 aromatic rings. The summed E-state index contributed by atoms with van der Waals surface area (Å²) in [5, 5.41) is 5.68. The molecule has 0 saturated heterocycles. The van der Waals surface area contributed by atoms with E-state index < -0.39 is 0 Å². The Labute approximate surface area is 47.4 Å². The van der Waals surface area contributed by atoms with Gasteiger partial charge in [-0.15, -0.1) is 0 Å². The highest BCUT2D eigenvalue weighted by molar-refractivity contribution is 7.98. The van der Waals surface area contributed by atoms with Crippen LogP contribution in [0.1, 0.15) is 0 Å². The summed E-state index contributed by atoms with van der Waals surface area (Å²) in [4.78, 5) is 0. The maximum absolute atomic E-state index is 5.25. The smallest absolute Gasteiger partial charge is 0.0557 e. The van der Waals surface area contributed by atoms with E-state index in [1.807, 2.05) is 12.2 Å². The zero-order chi connectivity index (χ0) is 5.11. The molecule has 0 unspecified atom stereocenters. The summed E-state index contributed by atoms with van der Waals surface area (Å²) in [5.41, 5.74) is 0. The molecule has 0 atom stereocenters. The van der Waals surface area contributed by atoms with Crippen molar-refractivity contribution in [3.8, 4) is 0 Å². The van der Waals surface area contributed by atoms with Crippen LogP contribution in [0.25, 0.3) is 0 Å². The third-order valence-corrected chi connectivity index (χ3v) is 1.50. The van der Waals surface area contributed by atoms with Gasteiger partial charge in [0.1, 0.15) is 0 Å². The fourth-order valence-electron chi connectivity index (χ4n) is 0.502. The third kappa shape index (κ3) is 1.08. The van der Waals surface area contributed by atoms with Crippen molar-refractivity contribution in [2.75, 3.05) is 0 Å². The second-order valence-corrected chi connectivity index (χ2v) is 2.19. The lowest BCUT2D eigenvalue weighted by Crippen LogP contribution is -1.93. The molecule has 0 saturated carbocycles. The maximum Gasteiger partial charge on any atom is 0.0557 e. The molecule has 2 heteroatoms. The summed E-state index contributed by atoms with van der Waals surface area (Å²) in [7, 11) is 0. The van der Waals surface area contributed by atoms with Crippen LogP contribution >= 0.6 is 11.9 Å². The van der Waals surface area contributed by atoms with Gasteiger partial charge < -0.3 is 0 Å². The molecule has 0 spiro atoms. The maximum atomic E-state index is 5.25. The Kier molecular flexibility index (Phi) is 1.54. The summed E-state index contributed by atoms with van der Waals surface area (Å²) in [5.74, 6) is 0. The first-order chi connectivity index (χ1) is 3.43. The van der Waals surface area contributed by atoms with Gasteiger partial charge in [-0.25, -0.2) is 0 Å². The molecule has 7 heavy (non-hydrogen) atoms. The van der Waals surface area contributed by atoms with E-state index in [1.54, 1.807) is 0 Å². The van der Waals surface area contributed by atoms with Crippen molar-refractivity contribution in [3.63, 3.8) is 0 Å². The second kappa shape index (κ2) is 2.19. The Morgan fingerprint density at radius 1 is 1.29 bits per heavy atom. The molecule has 0 amide bonds. The van der Waals surface area contributed by atoms with Gasteiger partial charge in [0.05, 0.1) is 5.25 Å².